The predicted molar refractivity (Wildman–Crippen MR) is 150 cm³/mol. The molecule has 4 aromatic rings. The first-order valence-electron chi connectivity index (χ1n) is 13.2. The van der Waals surface area contributed by atoms with Crippen LogP contribution in [0.5, 0.6) is 11.5 Å². The lowest BCUT2D eigenvalue weighted by atomic mass is 10.1. The Morgan fingerprint density at radius 1 is 0.953 bits per heavy atom. The number of halogens is 3. The molecule has 0 unspecified atom stereocenters. The summed E-state index contributed by atoms with van der Waals surface area (Å²) in [6, 6.07) is 15.3. The molecule has 2 heterocycles. The molecule has 0 saturated heterocycles. The van der Waals surface area contributed by atoms with Crippen LogP contribution in [0.3, 0.4) is 0 Å². The molecular formula is C29H29F3N6O5. The summed E-state index contributed by atoms with van der Waals surface area (Å²) < 4.78 is 49.4. The Morgan fingerprint density at radius 3 is 2.42 bits per heavy atom. The van der Waals surface area contributed by atoms with Crippen LogP contribution < -0.4 is 25.7 Å². The number of aryl methyl sites for hydroxylation is 2. The predicted octanol–water partition coefficient (Wildman–Crippen LogP) is 3.94. The highest BCUT2D eigenvalue weighted by Gasteiger charge is 2.31. The van der Waals surface area contributed by atoms with Gasteiger partial charge in [-0.2, -0.15) is 0 Å². The van der Waals surface area contributed by atoms with Crippen LogP contribution in [0.4, 0.5) is 18.9 Å². The monoisotopic (exact) mass is 598 g/mol. The van der Waals surface area contributed by atoms with Crippen LogP contribution in [-0.2, 0) is 30.8 Å². The largest absolute Gasteiger partial charge is 0.573 e. The standard InChI is InChI=1S/C29H29F3N6O5/c1-42-23-8-5-7-21(15-23)18-33-28(41)25-19-38(36-35-25)12-3-2-11-37-13-10-22(17-27(37)40)34-26(39)16-20-6-4-9-24(14-20)43-29(30,31)32/h4-10,13-15,17,19H,2-3,11-12,16,18H2,1H3,(H,33,41)(H,34,39). The van der Waals surface area contributed by atoms with Crippen LogP contribution in [0.1, 0.15) is 34.5 Å². The van der Waals surface area contributed by atoms with Crippen molar-refractivity contribution in [2.75, 3.05) is 12.4 Å². The highest BCUT2D eigenvalue weighted by atomic mass is 19.4. The Labute approximate surface area is 244 Å². The summed E-state index contributed by atoms with van der Waals surface area (Å²) in [5.74, 6) is -0.570. The smallest absolute Gasteiger partial charge is 0.497 e. The molecule has 0 fully saturated rings. The van der Waals surface area contributed by atoms with Crippen molar-refractivity contribution in [1.82, 2.24) is 24.9 Å². The van der Waals surface area contributed by atoms with Gasteiger partial charge in [0.25, 0.3) is 11.5 Å². The van der Waals surface area contributed by atoms with E-state index in [0.29, 0.717) is 43.8 Å². The van der Waals surface area contributed by atoms with Crippen LogP contribution in [0.25, 0.3) is 0 Å². The van der Waals surface area contributed by atoms with E-state index in [4.69, 9.17) is 4.74 Å². The van der Waals surface area contributed by atoms with Crippen molar-refractivity contribution in [2.24, 2.45) is 0 Å². The summed E-state index contributed by atoms with van der Waals surface area (Å²) in [6.45, 7) is 1.23. The molecular weight excluding hydrogens is 569 g/mol. The molecule has 4 rings (SSSR count). The van der Waals surface area contributed by atoms with Gasteiger partial charge < -0.3 is 24.7 Å². The second-order valence-electron chi connectivity index (χ2n) is 9.48. The topological polar surface area (TPSA) is 129 Å². The number of rotatable bonds is 13. The van der Waals surface area contributed by atoms with E-state index in [0.717, 1.165) is 17.7 Å². The normalized spacial score (nSPS) is 11.2. The van der Waals surface area contributed by atoms with Gasteiger partial charge in [-0.25, -0.2) is 0 Å². The second-order valence-corrected chi connectivity index (χ2v) is 9.48. The van der Waals surface area contributed by atoms with Gasteiger partial charge in [0.2, 0.25) is 5.91 Å². The zero-order valence-corrected chi connectivity index (χ0v) is 23.1. The number of carbonyl (C=O) groups excluding carboxylic acids is 2. The van der Waals surface area contributed by atoms with Gasteiger partial charge in [-0.3, -0.25) is 19.1 Å². The van der Waals surface area contributed by atoms with Crippen LogP contribution in [0, 0.1) is 0 Å². The van der Waals surface area contributed by atoms with Crippen molar-refractivity contribution in [3.63, 3.8) is 0 Å². The third kappa shape index (κ3) is 9.73. The number of hydrogen-bond donors (Lipinski definition) is 2. The number of methoxy groups -OCH3 is 1. The van der Waals surface area contributed by atoms with E-state index >= 15 is 0 Å². The first-order valence-corrected chi connectivity index (χ1v) is 13.2. The summed E-state index contributed by atoms with van der Waals surface area (Å²) in [6.07, 6.45) is -0.622. The number of anilines is 1. The molecule has 0 aliphatic carbocycles. The third-order valence-electron chi connectivity index (χ3n) is 6.17. The van der Waals surface area contributed by atoms with Gasteiger partial charge in [0.05, 0.1) is 19.7 Å². The molecule has 0 aliphatic heterocycles. The number of pyridine rings is 1. The number of unbranched alkanes of at least 4 members (excludes halogenated alkanes) is 1. The third-order valence-corrected chi connectivity index (χ3v) is 6.17. The molecule has 0 bridgehead atoms. The maximum atomic E-state index is 12.5. The van der Waals surface area contributed by atoms with Crippen LogP contribution in [-0.4, -0.2) is 44.8 Å². The number of alkyl halides is 3. The zero-order chi connectivity index (χ0) is 30.8. The molecule has 0 radical (unpaired) electrons. The van der Waals surface area contributed by atoms with E-state index in [1.165, 1.54) is 22.8 Å². The second kappa shape index (κ2) is 14.2. The number of benzene rings is 2. The number of carbonyl (C=O) groups is 2. The molecule has 0 aliphatic rings. The highest BCUT2D eigenvalue weighted by Crippen LogP contribution is 2.23. The first kappa shape index (κ1) is 30.8. The average molecular weight is 599 g/mol. The van der Waals surface area contributed by atoms with Gasteiger partial charge in [0, 0.05) is 37.6 Å². The molecule has 2 N–H and O–H groups in total. The number of nitrogens with one attached hydrogen (secondary N) is 2. The van der Waals surface area contributed by atoms with E-state index in [1.54, 1.807) is 30.3 Å². The van der Waals surface area contributed by atoms with Crippen molar-refractivity contribution in [1.29, 1.82) is 0 Å². The van der Waals surface area contributed by atoms with Gasteiger partial charge in [-0.15, -0.1) is 18.3 Å². The molecule has 0 atom stereocenters. The fourth-order valence-electron chi connectivity index (χ4n) is 4.14. The van der Waals surface area contributed by atoms with E-state index in [2.05, 4.69) is 25.7 Å². The molecule has 11 nitrogen and oxygen atoms in total. The molecule has 2 aromatic heterocycles. The van der Waals surface area contributed by atoms with E-state index < -0.39 is 18.0 Å². The molecule has 2 aromatic carbocycles. The molecule has 226 valence electrons. The van der Waals surface area contributed by atoms with E-state index in [-0.39, 0.29) is 29.3 Å². The summed E-state index contributed by atoms with van der Waals surface area (Å²) in [7, 11) is 1.57. The Kier molecular flexibility index (Phi) is 10.1. The quantitative estimate of drug-likeness (QED) is 0.223. The molecule has 43 heavy (non-hydrogen) atoms. The van der Waals surface area contributed by atoms with Crippen molar-refractivity contribution in [3.05, 3.63) is 100 Å². The van der Waals surface area contributed by atoms with Gasteiger partial charge in [-0.1, -0.05) is 29.5 Å². The number of hydrogen-bond acceptors (Lipinski definition) is 7. The lowest BCUT2D eigenvalue weighted by Crippen LogP contribution is -2.23. The van der Waals surface area contributed by atoms with Gasteiger partial charge in [-0.05, 0) is 54.3 Å². The zero-order valence-electron chi connectivity index (χ0n) is 23.1. The maximum Gasteiger partial charge on any atom is 0.573 e. The van der Waals surface area contributed by atoms with Crippen LogP contribution in [0.2, 0.25) is 0 Å². The van der Waals surface area contributed by atoms with E-state index in [9.17, 15) is 27.6 Å². The molecule has 0 saturated carbocycles. The minimum Gasteiger partial charge on any atom is -0.497 e. The average Bonchev–Trinajstić information content (AvgIpc) is 3.43. The molecule has 14 heteroatoms. The number of ether oxygens (including phenoxy) is 2. The van der Waals surface area contributed by atoms with Crippen LogP contribution >= 0.6 is 0 Å². The van der Waals surface area contributed by atoms with Crippen LogP contribution in [0.15, 0.2) is 77.9 Å². The first-order chi connectivity index (χ1) is 20.6. The van der Waals surface area contributed by atoms with Gasteiger partial charge in [0.1, 0.15) is 11.5 Å². The lowest BCUT2D eigenvalue weighted by Gasteiger charge is -2.11. The lowest BCUT2D eigenvalue weighted by molar-refractivity contribution is -0.274. The van der Waals surface area contributed by atoms with Gasteiger partial charge in [0.15, 0.2) is 5.69 Å². The van der Waals surface area contributed by atoms with Crippen molar-refractivity contribution in [2.45, 2.75) is 45.3 Å². The summed E-state index contributed by atoms with van der Waals surface area (Å²) in [4.78, 5) is 37.3. The SMILES string of the molecule is COc1cccc(CNC(=O)c2cn(CCCCn3ccc(NC(=O)Cc4cccc(OC(F)(F)F)c4)cc3=O)nn2)c1. The minimum atomic E-state index is -4.83. The Bertz CT molecular complexity index is 1620. The molecule has 0 spiro atoms. The maximum absolute atomic E-state index is 12.5. The minimum absolute atomic E-state index is 0.194. The van der Waals surface area contributed by atoms with Crippen molar-refractivity contribution >= 4 is 17.5 Å². The fraction of sp³-hybridized carbons (Fsp3) is 0.276. The number of amides is 2. The highest BCUT2D eigenvalue weighted by molar-refractivity contribution is 5.92. The Hall–Kier alpha value is -5.14. The van der Waals surface area contributed by atoms with Gasteiger partial charge >= 0.3 is 6.36 Å². The summed E-state index contributed by atoms with van der Waals surface area (Å²) in [5.41, 5.74) is 1.35. The summed E-state index contributed by atoms with van der Waals surface area (Å²) in [5, 5.41) is 13.3. The number of aromatic nitrogens is 4. The van der Waals surface area contributed by atoms with Crippen molar-refractivity contribution in [3.8, 4) is 11.5 Å². The summed E-state index contributed by atoms with van der Waals surface area (Å²) >= 11 is 0. The number of nitrogens with zero attached hydrogens (tertiary/aromatic N) is 4. The fourth-order valence-corrected chi connectivity index (χ4v) is 4.14. The Balaban J connectivity index is 1.20. The van der Waals surface area contributed by atoms with Crippen molar-refractivity contribution < 1.29 is 32.2 Å². The Morgan fingerprint density at radius 2 is 1.67 bits per heavy atom. The van der Waals surface area contributed by atoms with E-state index in [1.807, 2.05) is 24.3 Å². The molecule has 2 amide bonds.